The third-order valence-electron chi connectivity index (χ3n) is 7.68. The van der Waals surface area contributed by atoms with Crippen LogP contribution in [0.2, 0.25) is 0 Å². The molecule has 1 unspecified atom stereocenters. The maximum Gasteiger partial charge on any atom is 0.317 e. The fraction of sp³-hybridized carbons (Fsp3) is 0.682. The number of hydrogen-bond acceptors (Lipinski definition) is 5. The monoisotopic (exact) mass is 412 g/mol. The number of nitrogens with zero attached hydrogens (tertiary/aromatic N) is 3. The van der Waals surface area contributed by atoms with E-state index < -0.39 is 0 Å². The first kappa shape index (κ1) is 17.9. The van der Waals surface area contributed by atoms with Gasteiger partial charge in [0.2, 0.25) is 11.8 Å². The maximum atomic E-state index is 13.2. The summed E-state index contributed by atoms with van der Waals surface area (Å²) >= 11 is 1.62. The van der Waals surface area contributed by atoms with Gasteiger partial charge < -0.3 is 14.6 Å². The molecule has 0 spiro atoms. The van der Waals surface area contributed by atoms with Crippen molar-refractivity contribution in [3.8, 4) is 11.5 Å². The number of piperidine rings is 1. The van der Waals surface area contributed by atoms with Crippen molar-refractivity contribution in [2.45, 2.75) is 62.8 Å². The second-order valence-electron chi connectivity index (χ2n) is 9.87. The molecule has 1 atom stereocenters. The minimum absolute atomic E-state index is 0.0649. The lowest BCUT2D eigenvalue weighted by molar-refractivity contribution is -0.0161. The quantitative estimate of drug-likeness (QED) is 0.796. The largest absolute Gasteiger partial charge is 0.420 e. The fourth-order valence-electron chi connectivity index (χ4n) is 6.84. The minimum Gasteiger partial charge on any atom is -0.420 e. The van der Waals surface area contributed by atoms with E-state index in [1.54, 1.807) is 11.3 Å². The van der Waals surface area contributed by atoms with Gasteiger partial charge in [0.05, 0.1) is 5.92 Å². The van der Waals surface area contributed by atoms with E-state index in [2.05, 4.69) is 15.5 Å². The Morgan fingerprint density at radius 1 is 1.17 bits per heavy atom. The van der Waals surface area contributed by atoms with E-state index >= 15 is 0 Å². The van der Waals surface area contributed by atoms with E-state index in [1.807, 2.05) is 21.7 Å². The number of thiophene rings is 1. The fourth-order valence-corrected chi connectivity index (χ4v) is 7.46. The van der Waals surface area contributed by atoms with Crippen LogP contribution in [0.5, 0.6) is 0 Å². The van der Waals surface area contributed by atoms with Gasteiger partial charge in [0, 0.05) is 29.6 Å². The van der Waals surface area contributed by atoms with Crippen LogP contribution in [-0.2, 0) is 0 Å². The molecule has 7 rings (SSSR count). The Balaban J connectivity index is 1.14. The highest BCUT2D eigenvalue weighted by Gasteiger charge is 2.52. The van der Waals surface area contributed by atoms with Crippen molar-refractivity contribution < 1.29 is 9.21 Å². The summed E-state index contributed by atoms with van der Waals surface area (Å²) in [6.45, 7) is 1.49. The van der Waals surface area contributed by atoms with E-state index in [9.17, 15) is 4.79 Å². The topological polar surface area (TPSA) is 71.3 Å². The van der Waals surface area contributed by atoms with E-state index in [0.29, 0.717) is 18.3 Å². The molecule has 6 nitrogen and oxygen atoms in total. The van der Waals surface area contributed by atoms with Crippen LogP contribution < -0.4 is 5.32 Å². The normalized spacial score (nSPS) is 35.8. The number of rotatable bonds is 3. The van der Waals surface area contributed by atoms with E-state index in [0.717, 1.165) is 42.7 Å². The second-order valence-corrected chi connectivity index (χ2v) is 10.7. The highest BCUT2D eigenvalue weighted by molar-refractivity contribution is 7.08. The molecule has 3 heterocycles. The van der Waals surface area contributed by atoms with Gasteiger partial charge in [-0.2, -0.15) is 11.3 Å². The average molecular weight is 413 g/mol. The molecule has 4 aliphatic carbocycles. The molecular weight excluding hydrogens is 384 g/mol. The van der Waals surface area contributed by atoms with Gasteiger partial charge in [0.15, 0.2) is 0 Å². The minimum atomic E-state index is 0.0649. The summed E-state index contributed by atoms with van der Waals surface area (Å²) in [6, 6.07) is 2.11. The van der Waals surface area contributed by atoms with Crippen molar-refractivity contribution in [2.24, 2.45) is 17.8 Å². The molecule has 2 aromatic rings. The molecule has 154 valence electrons. The average Bonchev–Trinajstić information content (AvgIpc) is 3.38. The standard InChI is InChI=1S/C22H28N4O2S/c27-21(23-22-9-14-6-15(10-22)8-16(7-14)11-22)26-4-1-2-17(12-26)19-24-25-20(28-19)18-3-5-29-13-18/h3,5,13-17H,1-2,4,6-12H2,(H,23,27). The van der Waals surface area contributed by atoms with Crippen molar-refractivity contribution in [1.82, 2.24) is 20.4 Å². The van der Waals surface area contributed by atoms with Crippen LogP contribution in [0.1, 0.15) is 63.2 Å². The number of hydrogen-bond donors (Lipinski definition) is 1. The summed E-state index contributed by atoms with van der Waals surface area (Å²) in [7, 11) is 0. The Kier molecular flexibility index (Phi) is 4.22. The number of amides is 2. The summed E-state index contributed by atoms with van der Waals surface area (Å²) < 4.78 is 5.96. The van der Waals surface area contributed by atoms with E-state index in [1.165, 1.54) is 38.5 Å². The van der Waals surface area contributed by atoms with Crippen molar-refractivity contribution in [3.63, 3.8) is 0 Å². The Morgan fingerprint density at radius 2 is 1.93 bits per heavy atom. The molecule has 1 saturated heterocycles. The highest BCUT2D eigenvalue weighted by atomic mass is 32.1. The lowest BCUT2D eigenvalue weighted by Gasteiger charge is -2.57. The van der Waals surface area contributed by atoms with E-state index in [4.69, 9.17) is 4.42 Å². The van der Waals surface area contributed by atoms with E-state index in [-0.39, 0.29) is 17.5 Å². The van der Waals surface area contributed by atoms with Gasteiger partial charge in [-0.25, -0.2) is 4.79 Å². The van der Waals surface area contributed by atoms with Gasteiger partial charge in [-0.05, 0) is 80.6 Å². The summed E-state index contributed by atoms with van der Waals surface area (Å²) in [4.78, 5) is 15.2. The van der Waals surface area contributed by atoms with Crippen LogP contribution in [-0.4, -0.2) is 39.8 Å². The molecule has 4 bridgehead atoms. The third-order valence-corrected chi connectivity index (χ3v) is 8.36. The molecule has 5 fully saturated rings. The van der Waals surface area contributed by atoms with Crippen LogP contribution >= 0.6 is 11.3 Å². The van der Waals surface area contributed by atoms with Gasteiger partial charge in [-0.15, -0.1) is 10.2 Å². The molecule has 0 radical (unpaired) electrons. The SMILES string of the molecule is O=C(NC12CC3CC(CC(C3)C1)C2)N1CCCC(c2nnc(-c3ccsc3)o2)C1. The van der Waals surface area contributed by atoms with Crippen LogP contribution in [0.15, 0.2) is 21.2 Å². The molecular formula is C22H28N4O2S. The van der Waals surface area contributed by atoms with Gasteiger partial charge in [0.1, 0.15) is 0 Å². The molecule has 2 amide bonds. The maximum absolute atomic E-state index is 13.2. The Morgan fingerprint density at radius 3 is 2.62 bits per heavy atom. The first-order chi connectivity index (χ1) is 14.2. The van der Waals surface area contributed by atoms with Crippen molar-refractivity contribution >= 4 is 17.4 Å². The molecule has 0 aromatic carbocycles. The molecule has 1 N–H and O–H groups in total. The number of carbonyl (C=O) groups is 1. The van der Waals surface area contributed by atoms with Crippen LogP contribution in [0.3, 0.4) is 0 Å². The number of nitrogens with one attached hydrogen (secondary N) is 1. The lowest BCUT2D eigenvalue weighted by Crippen LogP contribution is -2.62. The van der Waals surface area contributed by atoms with Crippen LogP contribution in [0.25, 0.3) is 11.5 Å². The number of carbonyl (C=O) groups excluding carboxylic acids is 1. The predicted molar refractivity (Wildman–Crippen MR) is 111 cm³/mol. The zero-order chi connectivity index (χ0) is 19.4. The molecule has 29 heavy (non-hydrogen) atoms. The Labute approximate surface area is 175 Å². The van der Waals surface area contributed by atoms with Crippen LogP contribution in [0.4, 0.5) is 4.79 Å². The summed E-state index contributed by atoms with van der Waals surface area (Å²) in [5, 5.41) is 16.1. The zero-order valence-electron chi connectivity index (χ0n) is 16.7. The summed E-state index contributed by atoms with van der Waals surface area (Å²) in [5.41, 5.74) is 1.04. The highest BCUT2D eigenvalue weighted by Crippen LogP contribution is 2.55. The Hall–Kier alpha value is -1.89. The van der Waals surface area contributed by atoms with Crippen LogP contribution in [0, 0.1) is 17.8 Å². The number of urea groups is 1. The third kappa shape index (κ3) is 3.27. The molecule has 2 aromatic heterocycles. The molecule has 7 heteroatoms. The van der Waals surface area contributed by atoms with Gasteiger partial charge in [-0.3, -0.25) is 0 Å². The zero-order valence-corrected chi connectivity index (χ0v) is 17.5. The van der Waals surface area contributed by atoms with Gasteiger partial charge in [-0.1, -0.05) is 0 Å². The molecule has 5 aliphatic rings. The number of likely N-dealkylation sites (tertiary alicyclic amines) is 1. The smallest absolute Gasteiger partial charge is 0.317 e. The van der Waals surface area contributed by atoms with Crippen molar-refractivity contribution in [3.05, 3.63) is 22.7 Å². The van der Waals surface area contributed by atoms with Gasteiger partial charge >= 0.3 is 6.03 Å². The Bertz CT molecular complexity index is 857. The first-order valence-electron chi connectivity index (χ1n) is 11.1. The predicted octanol–water partition coefficient (Wildman–Crippen LogP) is 4.66. The summed E-state index contributed by atoms with van der Waals surface area (Å²) in [6.07, 6.45) is 9.72. The van der Waals surface area contributed by atoms with Crippen molar-refractivity contribution in [1.29, 1.82) is 0 Å². The van der Waals surface area contributed by atoms with Gasteiger partial charge in [0.25, 0.3) is 0 Å². The summed E-state index contributed by atoms with van der Waals surface area (Å²) in [5.74, 6) is 3.89. The lowest BCUT2D eigenvalue weighted by atomic mass is 9.53. The molecule has 4 saturated carbocycles. The molecule has 1 aliphatic heterocycles. The van der Waals surface area contributed by atoms with Crippen molar-refractivity contribution in [2.75, 3.05) is 13.1 Å². The first-order valence-corrected chi connectivity index (χ1v) is 12.0. The second kappa shape index (κ2) is 6.83. The number of aromatic nitrogens is 2.